The summed E-state index contributed by atoms with van der Waals surface area (Å²) in [6.07, 6.45) is 2.10. The van der Waals surface area contributed by atoms with E-state index in [2.05, 4.69) is 10.2 Å². The van der Waals surface area contributed by atoms with Crippen LogP contribution in [-0.2, 0) is 10.0 Å². The number of guanidine groups is 1. The fourth-order valence-corrected chi connectivity index (χ4v) is 4.11. The molecule has 0 aliphatic carbocycles. The molecule has 8 heteroatoms. The minimum atomic E-state index is -3.74. The molecular weight excluding hydrogens is 350 g/mol. The smallest absolute Gasteiger partial charge is 0.268 e. The van der Waals surface area contributed by atoms with Crippen LogP contribution >= 0.6 is 0 Å². The normalized spacial score (nSPS) is 12.3. The van der Waals surface area contributed by atoms with Gasteiger partial charge in [0, 0.05) is 17.1 Å². The van der Waals surface area contributed by atoms with E-state index in [0.29, 0.717) is 23.2 Å². The van der Waals surface area contributed by atoms with Gasteiger partial charge in [-0.15, -0.1) is 5.10 Å². The van der Waals surface area contributed by atoms with Gasteiger partial charge in [0.15, 0.2) is 0 Å². The highest BCUT2D eigenvalue weighted by Crippen LogP contribution is 2.27. The highest BCUT2D eigenvalue weighted by atomic mass is 32.2. The van der Waals surface area contributed by atoms with Gasteiger partial charge in [-0.2, -0.15) is 5.10 Å². The maximum Gasteiger partial charge on any atom is 0.268 e. The number of hydrogen-bond acceptors (Lipinski definition) is 4. The van der Waals surface area contributed by atoms with Gasteiger partial charge in [-0.25, -0.2) is 12.4 Å². The topological polar surface area (TPSA) is 116 Å². The SMILES string of the molecule is CC/C(=N\N=C(N)N)c1cn(S(=O)(=O)c2ccccc2)c2ccccc12. The van der Waals surface area contributed by atoms with Crippen molar-refractivity contribution in [2.45, 2.75) is 18.2 Å². The number of nitrogens with two attached hydrogens (primary N) is 2. The van der Waals surface area contributed by atoms with Crippen LogP contribution < -0.4 is 11.5 Å². The van der Waals surface area contributed by atoms with Crippen molar-refractivity contribution in [3.05, 3.63) is 66.4 Å². The molecule has 2 aromatic carbocycles. The first kappa shape index (κ1) is 17.7. The van der Waals surface area contributed by atoms with E-state index < -0.39 is 10.0 Å². The standard InChI is InChI=1S/C18H19N5O2S/c1-2-16(21-22-18(19)20)15-12-23(17-11-7-6-10-14(15)17)26(24,25)13-8-4-3-5-9-13/h3-12H,2H2,1H3,(H4,19,20,22)/b21-16+. The highest BCUT2D eigenvalue weighted by Gasteiger charge is 2.22. The van der Waals surface area contributed by atoms with Crippen molar-refractivity contribution < 1.29 is 8.42 Å². The molecule has 26 heavy (non-hydrogen) atoms. The van der Waals surface area contributed by atoms with Gasteiger partial charge in [-0.1, -0.05) is 43.3 Å². The molecule has 1 aromatic heterocycles. The summed E-state index contributed by atoms with van der Waals surface area (Å²) in [6, 6.07) is 15.5. The lowest BCUT2D eigenvalue weighted by Crippen LogP contribution is -2.22. The lowest BCUT2D eigenvalue weighted by Gasteiger charge is -2.07. The van der Waals surface area contributed by atoms with Crippen molar-refractivity contribution in [2.75, 3.05) is 0 Å². The van der Waals surface area contributed by atoms with Crippen molar-refractivity contribution >= 4 is 32.6 Å². The van der Waals surface area contributed by atoms with Crippen LogP contribution in [-0.4, -0.2) is 24.1 Å². The number of fused-ring (bicyclic) bond motifs is 1. The second-order valence-corrected chi connectivity index (χ2v) is 7.41. The summed E-state index contributed by atoms with van der Waals surface area (Å²) in [5.41, 5.74) is 12.5. The van der Waals surface area contributed by atoms with Gasteiger partial charge in [0.1, 0.15) is 0 Å². The lowest BCUT2D eigenvalue weighted by atomic mass is 10.1. The summed E-state index contributed by atoms with van der Waals surface area (Å²) < 4.78 is 27.5. The Kier molecular flexibility index (Phi) is 4.77. The third-order valence-electron chi connectivity index (χ3n) is 3.91. The van der Waals surface area contributed by atoms with E-state index in [1.54, 1.807) is 48.7 Å². The van der Waals surface area contributed by atoms with Gasteiger partial charge in [0.2, 0.25) is 5.96 Å². The minimum Gasteiger partial charge on any atom is -0.369 e. The van der Waals surface area contributed by atoms with Gasteiger partial charge < -0.3 is 11.5 Å². The van der Waals surface area contributed by atoms with Crippen LogP contribution in [0.2, 0.25) is 0 Å². The van der Waals surface area contributed by atoms with Crippen molar-refractivity contribution in [1.82, 2.24) is 3.97 Å². The van der Waals surface area contributed by atoms with Crippen LogP contribution in [0.5, 0.6) is 0 Å². The number of hydrogen-bond donors (Lipinski definition) is 2. The average Bonchev–Trinajstić information content (AvgIpc) is 3.03. The molecule has 0 radical (unpaired) electrons. The van der Waals surface area contributed by atoms with E-state index in [1.807, 2.05) is 19.1 Å². The third-order valence-corrected chi connectivity index (χ3v) is 5.60. The molecule has 3 rings (SSSR count). The molecule has 0 unspecified atom stereocenters. The Morgan fingerprint density at radius 1 is 1.00 bits per heavy atom. The first-order chi connectivity index (χ1) is 12.4. The molecule has 1 heterocycles. The zero-order valence-electron chi connectivity index (χ0n) is 14.2. The summed E-state index contributed by atoms with van der Waals surface area (Å²) in [5, 5.41) is 8.55. The summed E-state index contributed by atoms with van der Waals surface area (Å²) in [6.45, 7) is 1.90. The summed E-state index contributed by atoms with van der Waals surface area (Å²) >= 11 is 0. The first-order valence-corrected chi connectivity index (χ1v) is 9.45. The number of aromatic nitrogens is 1. The molecule has 0 aliphatic rings. The molecule has 0 aliphatic heterocycles. The van der Waals surface area contributed by atoms with Gasteiger partial charge in [-0.3, -0.25) is 0 Å². The van der Waals surface area contributed by atoms with Crippen LogP contribution in [0, 0.1) is 0 Å². The van der Waals surface area contributed by atoms with Crippen molar-refractivity contribution in [1.29, 1.82) is 0 Å². The van der Waals surface area contributed by atoms with E-state index in [-0.39, 0.29) is 10.9 Å². The van der Waals surface area contributed by atoms with Gasteiger partial charge >= 0.3 is 0 Å². The average molecular weight is 369 g/mol. The second kappa shape index (κ2) is 7.01. The van der Waals surface area contributed by atoms with Crippen molar-refractivity contribution in [3.8, 4) is 0 Å². The highest BCUT2D eigenvalue weighted by molar-refractivity contribution is 7.90. The molecule has 0 spiro atoms. The summed E-state index contributed by atoms with van der Waals surface area (Å²) in [7, 11) is -3.74. The summed E-state index contributed by atoms with van der Waals surface area (Å²) in [5.74, 6) is -0.156. The van der Waals surface area contributed by atoms with Crippen LogP contribution in [0.3, 0.4) is 0 Å². The Bertz CT molecular complexity index is 1100. The minimum absolute atomic E-state index is 0.156. The van der Waals surface area contributed by atoms with Gasteiger partial charge in [0.25, 0.3) is 10.0 Å². The Labute approximate surface area is 151 Å². The Morgan fingerprint density at radius 3 is 2.31 bits per heavy atom. The maximum absolute atomic E-state index is 13.1. The summed E-state index contributed by atoms with van der Waals surface area (Å²) in [4.78, 5) is 0.214. The molecule has 134 valence electrons. The predicted octanol–water partition coefficient (Wildman–Crippen LogP) is 2.27. The van der Waals surface area contributed by atoms with Crippen LogP contribution in [0.4, 0.5) is 0 Å². The molecule has 0 fully saturated rings. The largest absolute Gasteiger partial charge is 0.369 e. The Balaban J connectivity index is 2.27. The first-order valence-electron chi connectivity index (χ1n) is 8.01. The van der Waals surface area contributed by atoms with E-state index in [0.717, 1.165) is 5.39 Å². The molecule has 0 saturated carbocycles. The number of rotatable bonds is 5. The van der Waals surface area contributed by atoms with Gasteiger partial charge in [-0.05, 0) is 24.6 Å². The predicted molar refractivity (Wildman–Crippen MR) is 104 cm³/mol. The molecule has 0 bridgehead atoms. The van der Waals surface area contributed by atoms with E-state index in [4.69, 9.17) is 11.5 Å². The number of para-hydroxylation sites is 1. The molecule has 0 atom stereocenters. The van der Waals surface area contributed by atoms with Gasteiger partial charge in [0.05, 0.1) is 16.1 Å². The number of benzene rings is 2. The zero-order valence-corrected chi connectivity index (χ0v) is 15.0. The molecular formula is C18H19N5O2S. The molecule has 7 nitrogen and oxygen atoms in total. The molecule has 3 aromatic rings. The quantitative estimate of drug-likeness (QED) is 0.408. The van der Waals surface area contributed by atoms with Crippen LogP contribution in [0.25, 0.3) is 10.9 Å². The van der Waals surface area contributed by atoms with Crippen molar-refractivity contribution in [2.24, 2.45) is 21.7 Å². The van der Waals surface area contributed by atoms with E-state index in [1.165, 1.54) is 3.97 Å². The second-order valence-electron chi connectivity index (χ2n) is 5.60. The Hall–Kier alpha value is -3.13. The fraction of sp³-hybridized carbons (Fsp3) is 0.111. The van der Waals surface area contributed by atoms with Crippen molar-refractivity contribution in [3.63, 3.8) is 0 Å². The molecule has 0 saturated heterocycles. The Morgan fingerprint density at radius 2 is 1.65 bits per heavy atom. The van der Waals surface area contributed by atoms with Crippen LogP contribution in [0.15, 0.2) is 75.9 Å². The molecule has 0 amide bonds. The fourth-order valence-electron chi connectivity index (χ4n) is 2.72. The number of nitrogens with zero attached hydrogens (tertiary/aromatic N) is 3. The van der Waals surface area contributed by atoms with E-state index >= 15 is 0 Å². The monoisotopic (exact) mass is 369 g/mol. The third kappa shape index (κ3) is 3.18. The maximum atomic E-state index is 13.1. The van der Waals surface area contributed by atoms with Crippen LogP contribution in [0.1, 0.15) is 18.9 Å². The molecule has 4 N–H and O–H groups in total. The van der Waals surface area contributed by atoms with E-state index in [9.17, 15) is 8.42 Å². The lowest BCUT2D eigenvalue weighted by molar-refractivity contribution is 0.589. The zero-order chi connectivity index (χ0) is 18.7.